The number of carbonyl (C=O) groups excluding carboxylic acids is 2. The maximum atomic E-state index is 15.3. The molecule has 1 amide bonds. The number of anilines is 2. The van der Waals surface area contributed by atoms with Crippen molar-refractivity contribution in [2.75, 3.05) is 37.0 Å². The number of halogens is 1. The van der Waals surface area contributed by atoms with Gasteiger partial charge < -0.3 is 25.0 Å². The van der Waals surface area contributed by atoms with Crippen LogP contribution in [0.1, 0.15) is 44.0 Å². The van der Waals surface area contributed by atoms with E-state index in [-0.39, 0.29) is 16.5 Å². The molecule has 3 N–H and O–H groups in total. The molecule has 236 valence electrons. The number of nitrogens with one attached hydrogen (secondary N) is 3. The van der Waals surface area contributed by atoms with Gasteiger partial charge in [-0.15, -0.1) is 0 Å². The summed E-state index contributed by atoms with van der Waals surface area (Å²) in [6, 6.07) is 10.00. The number of esters is 1. The maximum Gasteiger partial charge on any atom is 0.326 e. The van der Waals surface area contributed by atoms with Gasteiger partial charge in [0, 0.05) is 43.6 Å². The molecule has 0 spiro atoms. The van der Waals surface area contributed by atoms with Crippen LogP contribution in [-0.2, 0) is 19.6 Å². The second kappa shape index (κ2) is 14.0. The predicted molar refractivity (Wildman–Crippen MR) is 163 cm³/mol. The SMILES string of the molecule is COc1ccc(S(=O)(=O)NC(CNC(=O)c2ccc(N3CCCC(Nc4ncccn4)C3)c(F)c2)C(=O)OC(C)(C)C)cc1. The van der Waals surface area contributed by atoms with Gasteiger partial charge >= 0.3 is 5.97 Å². The molecule has 2 aromatic carbocycles. The summed E-state index contributed by atoms with van der Waals surface area (Å²) in [7, 11) is -2.73. The molecular weight excluding hydrogens is 591 g/mol. The summed E-state index contributed by atoms with van der Waals surface area (Å²) in [6.07, 6.45) is 4.98. The van der Waals surface area contributed by atoms with E-state index < -0.39 is 45.9 Å². The Kier molecular flexibility index (Phi) is 10.4. The van der Waals surface area contributed by atoms with E-state index in [0.717, 1.165) is 18.9 Å². The van der Waals surface area contributed by atoms with Gasteiger partial charge in [-0.05, 0) is 82.1 Å². The first-order valence-electron chi connectivity index (χ1n) is 14.1. The van der Waals surface area contributed by atoms with Crippen molar-refractivity contribution in [3.8, 4) is 5.75 Å². The number of nitrogens with zero attached hydrogens (tertiary/aromatic N) is 3. The normalized spacial score (nSPS) is 16.1. The molecule has 1 aliphatic heterocycles. The van der Waals surface area contributed by atoms with Gasteiger partial charge in [-0.3, -0.25) is 9.59 Å². The topological polar surface area (TPSA) is 152 Å². The second-order valence-electron chi connectivity index (χ2n) is 11.3. The molecule has 44 heavy (non-hydrogen) atoms. The lowest BCUT2D eigenvalue weighted by atomic mass is 10.0. The highest BCUT2D eigenvalue weighted by Crippen LogP contribution is 2.25. The monoisotopic (exact) mass is 628 g/mol. The molecule has 0 aliphatic carbocycles. The largest absolute Gasteiger partial charge is 0.497 e. The zero-order chi connectivity index (χ0) is 31.9. The van der Waals surface area contributed by atoms with E-state index in [2.05, 4.69) is 25.3 Å². The number of piperidine rings is 1. The Labute approximate surface area is 256 Å². The van der Waals surface area contributed by atoms with Gasteiger partial charge in [0.15, 0.2) is 0 Å². The summed E-state index contributed by atoms with van der Waals surface area (Å²) in [5.74, 6) is -1.20. The van der Waals surface area contributed by atoms with Crippen LogP contribution in [0.5, 0.6) is 5.75 Å². The molecule has 2 heterocycles. The number of sulfonamides is 1. The molecule has 2 atom stereocenters. The predicted octanol–water partition coefficient (Wildman–Crippen LogP) is 3.12. The Bertz CT molecular complexity index is 1550. The summed E-state index contributed by atoms with van der Waals surface area (Å²) >= 11 is 0. The number of aromatic nitrogens is 2. The van der Waals surface area contributed by atoms with E-state index in [1.54, 1.807) is 39.2 Å². The zero-order valence-corrected chi connectivity index (χ0v) is 25.9. The average Bonchev–Trinajstić information content (AvgIpc) is 2.98. The van der Waals surface area contributed by atoms with Crippen LogP contribution < -0.4 is 25.0 Å². The molecular formula is C30H37FN6O6S. The molecule has 1 aliphatic rings. The van der Waals surface area contributed by atoms with Crippen LogP contribution in [0.25, 0.3) is 0 Å². The van der Waals surface area contributed by atoms with Crippen LogP contribution in [0.2, 0.25) is 0 Å². The summed E-state index contributed by atoms with van der Waals surface area (Å²) in [5.41, 5.74) is -0.557. The number of methoxy groups -OCH3 is 1. The van der Waals surface area contributed by atoms with Crippen molar-refractivity contribution in [3.05, 3.63) is 72.3 Å². The Morgan fingerprint density at radius 2 is 1.82 bits per heavy atom. The molecule has 2 unspecified atom stereocenters. The molecule has 0 radical (unpaired) electrons. The van der Waals surface area contributed by atoms with Gasteiger partial charge in [0.25, 0.3) is 5.91 Å². The molecule has 3 aromatic rings. The van der Waals surface area contributed by atoms with E-state index in [1.807, 2.05) is 4.90 Å². The van der Waals surface area contributed by atoms with Crippen molar-refractivity contribution in [1.82, 2.24) is 20.0 Å². The van der Waals surface area contributed by atoms with Crippen molar-refractivity contribution in [3.63, 3.8) is 0 Å². The molecule has 0 bridgehead atoms. The number of rotatable bonds is 11. The molecule has 4 rings (SSSR count). The minimum absolute atomic E-state index is 0.0107. The lowest BCUT2D eigenvalue weighted by molar-refractivity contribution is -0.156. The number of hydrogen-bond donors (Lipinski definition) is 3. The minimum atomic E-state index is -4.18. The van der Waals surface area contributed by atoms with Crippen molar-refractivity contribution in [2.24, 2.45) is 0 Å². The fraction of sp³-hybridized carbons (Fsp3) is 0.400. The first kappa shape index (κ1) is 32.6. The van der Waals surface area contributed by atoms with Crippen molar-refractivity contribution < 1.29 is 31.9 Å². The first-order chi connectivity index (χ1) is 20.8. The van der Waals surface area contributed by atoms with Crippen LogP contribution in [0.15, 0.2) is 65.8 Å². The summed E-state index contributed by atoms with van der Waals surface area (Å²) in [4.78, 5) is 36.1. The highest BCUT2D eigenvalue weighted by molar-refractivity contribution is 7.89. The highest BCUT2D eigenvalue weighted by Gasteiger charge is 2.31. The number of hydrogen-bond acceptors (Lipinski definition) is 10. The van der Waals surface area contributed by atoms with Gasteiger partial charge in [0.2, 0.25) is 16.0 Å². The molecule has 0 saturated carbocycles. The Morgan fingerprint density at radius 1 is 1.11 bits per heavy atom. The Balaban J connectivity index is 1.43. The Morgan fingerprint density at radius 3 is 2.45 bits per heavy atom. The van der Waals surface area contributed by atoms with Gasteiger partial charge in [-0.2, -0.15) is 4.72 Å². The third-order valence-corrected chi connectivity index (χ3v) is 8.18. The fourth-order valence-corrected chi connectivity index (χ4v) is 5.81. The van der Waals surface area contributed by atoms with Gasteiger partial charge in [-0.1, -0.05) is 0 Å². The molecule has 12 nitrogen and oxygen atoms in total. The van der Waals surface area contributed by atoms with E-state index in [1.165, 1.54) is 43.5 Å². The standard InChI is InChI=1S/C30H37FN6O6S/c1-30(2,3)43-28(39)25(36-44(40,41)23-11-9-22(42-4)10-12-23)18-34-27(38)20-8-13-26(24(31)17-20)37-16-5-7-21(19-37)35-29-32-14-6-15-33-29/h6,8-15,17,21,25,36H,5,7,16,18-19H2,1-4H3,(H,34,38)(H,32,33,35). The van der Waals surface area contributed by atoms with Crippen LogP contribution in [0.4, 0.5) is 16.0 Å². The van der Waals surface area contributed by atoms with E-state index in [0.29, 0.717) is 30.5 Å². The smallest absolute Gasteiger partial charge is 0.326 e. The third kappa shape index (κ3) is 8.86. The molecule has 14 heteroatoms. The van der Waals surface area contributed by atoms with Crippen molar-refractivity contribution in [1.29, 1.82) is 0 Å². The number of amides is 1. The summed E-state index contributed by atoms with van der Waals surface area (Å²) in [5, 5.41) is 5.80. The summed E-state index contributed by atoms with van der Waals surface area (Å²) < 4.78 is 54.1. The van der Waals surface area contributed by atoms with E-state index in [4.69, 9.17) is 9.47 Å². The lowest BCUT2D eigenvalue weighted by Gasteiger charge is -2.35. The number of benzene rings is 2. The lowest BCUT2D eigenvalue weighted by Crippen LogP contribution is -2.50. The molecule has 1 aromatic heterocycles. The van der Waals surface area contributed by atoms with Gasteiger partial charge in [0.1, 0.15) is 23.2 Å². The van der Waals surface area contributed by atoms with Gasteiger partial charge in [-0.25, -0.2) is 22.8 Å². The summed E-state index contributed by atoms with van der Waals surface area (Å²) in [6.45, 7) is 5.64. The third-order valence-electron chi connectivity index (χ3n) is 6.70. The van der Waals surface area contributed by atoms with E-state index in [9.17, 15) is 18.0 Å². The Hall–Kier alpha value is -4.30. The minimum Gasteiger partial charge on any atom is -0.497 e. The van der Waals surface area contributed by atoms with Crippen molar-refractivity contribution >= 4 is 33.5 Å². The van der Waals surface area contributed by atoms with E-state index >= 15 is 4.39 Å². The van der Waals surface area contributed by atoms with Crippen LogP contribution >= 0.6 is 0 Å². The van der Waals surface area contributed by atoms with Crippen LogP contribution in [0, 0.1) is 5.82 Å². The highest BCUT2D eigenvalue weighted by atomic mass is 32.2. The van der Waals surface area contributed by atoms with Gasteiger partial charge in [0.05, 0.1) is 17.7 Å². The fourth-order valence-electron chi connectivity index (χ4n) is 4.63. The second-order valence-corrected chi connectivity index (χ2v) is 13.0. The number of carbonyl (C=O) groups is 2. The average molecular weight is 629 g/mol. The van der Waals surface area contributed by atoms with Crippen LogP contribution in [-0.4, -0.2) is 74.7 Å². The number of ether oxygens (including phenoxy) is 2. The zero-order valence-electron chi connectivity index (χ0n) is 25.0. The molecule has 1 fully saturated rings. The quantitative estimate of drug-likeness (QED) is 0.270. The molecule has 1 saturated heterocycles. The van der Waals surface area contributed by atoms with Crippen molar-refractivity contribution in [2.45, 2.75) is 56.2 Å². The van der Waals surface area contributed by atoms with Crippen LogP contribution in [0.3, 0.4) is 0 Å². The maximum absolute atomic E-state index is 15.3. The first-order valence-corrected chi connectivity index (χ1v) is 15.6.